The zero-order valence-electron chi connectivity index (χ0n) is 22.7. The number of phenolic OH excluding ortho intramolecular Hbond substituents is 1. The molecule has 1 aromatic heterocycles. The minimum atomic E-state index is -0.861. The summed E-state index contributed by atoms with van der Waals surface area (Å²) in [7, 11) is 1.31. The lowest BCUT2D eigenvalue weighted by Crippen LogP contribution is -2.43. The number of carbonyl (C=O) groups is 2. The number of hydrogen-bond donors (Lipinski definition) is 2. The molecule has 7 heteroatoms. The van der Waals surface area contributed by atoms with Gasteiger partial charge in [-0.3, -0.25) is 4.79 Å². The summed E-state index contributed by atoms with van der Waals surface area (Å²) in [4.78, 5) is 26.1. The Hall–Kier alpha value is -4.26. The number of nitrogens with zero attached hydrogens (tertiary/aromatic N) is 1. The van der Waals surface area contributed by atoms with Gasteiger partial charge in [-0.2, -0.15) is 0 Å². The number of benzene rings is 3. The third-order valence-corrected chi connectivity index (χ3v) is 8.26. The van der Waals surface area contributed by atoms with Gasteiger partial charge in [-0.1, -0.05) is 49.6 Å². The summed E-state index contributed by atoms with van der Waals surface area (Å²) in [6.45, 7) is 1.23. The van der Waals surface area contributed by atoms with Crippen molar-refractivity contribution in [2.75, 3.05) is 13.7 Å². The van der Waals surface area contributed by atoms with Gasteiger partial charge in [0.25, 0.3) is 5.91 Å². The monoisotopic (exact) mass is 538 g/mol. The highest BCUT2D eigenvalue weighted by molar-refractivity contribution is 6.02. The second-order valence-electron chi connectivity index (χ2n) is 10.7. The van der Waals surface area contributed by atoms with Crippen LogP contribution >= 0.6 is 0 Å². The highest BCUT2D eigenvalue weighted by Crippen LogP contribution is 2.47. The number of hydrogen-bond acceptors (Lipinski definition) is 5. The van der Waals surface area contributed by atoms with Gasteiger partial charge in [0.05, 0.1) is 19.3 Å². The summed E-state index contributed by atoms with van der Waals surface area (Å²) in [6.07, 6.45) is 6.31. The fraction of sp³-hybridized carbons (Fsp3) is 0.333. The Morgan fingerprint density at radius 3 is 2.60 bits per heavy atom. The molecule has 2 N–H and O–H groups in total. The van der Waals surface area contributed by atoms with Gasteiger partial charge < -0.3 is 24.5 Å². The maximum absolute atomic E-state index is 13.5. The molecule has 0 saturated heterocycles. The van der Waals surface area contributed by atoms with Crippen LogP contribution in [0.25, 0.3) is 22.2 Å². The van der Waals surface area contributed by atoms with Crippen molar-refractivity contribution in [3.05, 3.63) is 83.4 Å². The fourth-order valence-electron chi connectivity index (χ4n) is 6.32. The predicted octanol–water partition coefficient (Wildman–Crippen LogP) is 5.97. The van der Waals surface area contributed by atoms with Gasteiger partial charge in [-0.05, 0) is 66.3 Å². The Balaban J connectivity index is 1.39. The van der Waals surface area contributed by atoms with Crippen molar-refractivity contribution in [2.45, 2.75) is 57.0 Å². The molecular weight excluding hydrogens is 504 g/mol. The van der Waals surface area contributed by atoms with Gasteiger partial charge in [0.1, 0.15) is 24.1 Å². The molecule has 1 saturated carbocycles. The van der Waals surface area contributed by atoms with Crippen LogP contribution in [0, 0.1) is 0 Å². The van der Waals surface area contributed by atoms with Gasteiger partial charge in [-0.25, -0.2) is 4.79 Å². The van der Waals surface area contributed by atoms with Crippen molar-refractivity contribution in [1.29, 1.82) is 0 Å². The lowest BCUT2D eigenvalue weighted by molar-refractivity contribution is -0.142. The van der Waals surface area contributed by atoms with Gasteiger partial charge in [-0.15, -0.1) is 0 Å². The number of aromatic hydroxyl groups is 1. The summed E-state index contributed by atoms with van der Waals surface area (Å²) in [5.74, 6) is 0.646. The molecular formula is C33H34N2O5. The first-order valence-electron chi connectivity index (χ1n) is 14.1. The topological polar surface area (TPSA) is 89.8 Å². The number of ether oxygens (including phenoxy) is 2. The van der Waals surface area contributed by atoms with E-state index in [0.717, 1.165) is 35.2 Å². The number of aromatic nitrogens is 1. The zero-order valence-corrected chi connectivity index (χ0v) is 22.7. The molecule has 2 heterocycles. The highest BCUT2D eigenvalue weighted by atomic mass is 16.5. The number of carbonyl (C=O) groups excluding carboxylic acids is 2. The summed E-state index contributed by atoms with van der Waals surface area (Å²) >= 11 is 0. The number of phenols is 1. The molecule has 1 amide bonds. The number of para-hydroxylation sites is 1. The smallest absolute Gasteiger partial charge is 0.328 e. The number of fused-ring (bicyclic) bond motifs is 5. The van der Waals surface area contributed by atoms with Crippen LogP contribution in [-0.2, 0) is 22.5 Å². The summed E-state index contributed by atoms with van der Waals surface area (Å²) in [5.41, 5.74) is 5.96. The molecule has 0 bridgehead atoms. The number of esters is 1. The zero-order chi connectivity index (χ0) is 27.6. The summed E-state index contributed by atoms with van der Waals surface area (Å²) < 4.78 is 13.4. The molecule has 6 rings (SSSR count). The van der Waals surface area contributed by atoms with E-state index in [1.807, 2.05) is 24.3 Å². The maximum Gasteiger partial charge on any atom is 0.328 e. The van der Waals surface area contributed by atoms with E-state index in [1.165, 1.54) is 43.0 Å². The average molecular weight is 539 g/mol. The molecule has 40 heavy (non-hydrogen) atoms. The first-order valence-corrected chi connectivity index (χ1v) is 14.1. The predicted molar refractivity (Wildman–Crippen MR) is 154 cm³/mol. The lowest BCUT2D eigenvalue weighted by atomic mass is 9.81. The molecule has 0 radical (unpaired) electrons. The van der Waals surface area contributed by atoms with Crippen LogP contribution < -0.4 is 10.1 Å². The van der Waals surface area contributed by atoms with Crippen LogP contribution in [0.4, 0.5) is 0 Å². The van der Waals surface area contributed by atoms with Crippen molar-refractivity contribution in [2.24, 2.45) is 0 Å². The third kappa shape index (κ3) is 4.92. The normalized spacial score (nSPS) is 15.8. The largest absolute Gasteiger partial charge is 0.508 e. The van der Waals surface area contributed by atoms with Crippen LogP contribution in [0.15, 0.2) is 66.7 Å². The van der Waals surface area contributed by atoms with Crippen LogP contribution in [0.1, 0.15) is 59.5 Å². The molecule has 0 unspecified atom stereocenters. The van der Waals surface area contributed by atoms with Crippen LogP contribution in [0.2, 0.25) is 0 Å². The maximum atomic E-state index is 13.5. The molecule has 7 nitrogen and oxygen atoms in total. The molecule has 0 spiro atoms. The van der Waals surface area contributed by atoms with Crippen molar-refractivity contribution in [1.82, 2.24) is 9.88 Å². The van der Waals surface area contributed by atoms with Gasteiger partial charge in [0.2, 0.25) is 0 Å². The van der Waals surface area contributed by atoms with E-state index >= 15 is 0 Å². The third-order valence-electron chi connectivity index (χ3n) is 8.26. The van der Waals surface area contributed by atoms with Crippen molar-refractivity contribution in [3.8, 4) is 22.8 Å². The van der Waals surface area contributed by atoms with E-state index in [0.29, 0.717) is 24.6 Å². The molecule has 1 atom stereocenters. The Bertz CT molecular complexity index is 1550. The van der Waals surface area contributed by atoms with E-state index in [4.69, 9.17) is 9.47 Å². The standard InChI is InChI=1S/C33H34N2O5/c1-39-33(38)27(19-21-11-14-24(36)15-12-21)34-32(37)23-13-16-25-28(20-23)35-17-18-40-29-10-6-5-9-26(29)31(35)30(25)22-7-3-2-4-8-22/h5-6,9-16,20,22,27,36H,2-4,7-8,17-19H2,1H3,(H,34,37)/t27-/m1/s1. The van der Waals surface area contributed by atoms with Crippen molar-refractivity contribution in [3.63, 3.8) is 0 Å². The van der Waals surface area contributed by atoms with E-state index in [9.17, 15) is 14.7 Å². The van der Waals surface area contributed by atoms with Gasteiger partial charge >= 0.3 is 5.97 Å². The first-order chi connectivity index (χ1) is 19.5. The van der Waals surface area contributed by atoms with Crippen LogP contribution in [0.5, 0.6) is 11.5 Å². The molecule has 1 aliphatic carbocycles. The number of methoxy groups -OCH3 is 1. The second-order valence-corrected chi connectivity index (χ2v) is 10.7. The quantitative estimate of drug-likeness (QED) is 0.295. The number of amides is 1. The molecule has 1 fully saturated rings. The summed E-state index contributed by atoms with van der Waals surface area (Å²) in [6, 6.07) is 19.8. The van der Waals surface area contributed by atoms with Gasteiger partial charge in [0.15, 0.2) is 0 Å². The van der Waals surface area contributed by atoms with Gasteiger partial charge in [0, 0.05) is 28.5 Å². The minimum Gasteiger partial charge on any atom is -0.508 e. The molecule has 4 aromatic rings. The van der Waals surface area contributed by atoms with E-state index in [1.54, 1.807) is 24.3 Å². The second kappa shape index (κ2) is 11.1. The molecule has 3 aromatic carbocycles. The van der Waals surface area contributed by atoms with Crippen molar-refractivity contribution >= 4 is 22.8 Å². The van der Waals surface area contributed by atoms with E-state index < -0.39 is 12.0 Å². The molecule has 2 aliphatic rings. The highest BCUT2D eigenvalue weighted by Gasteiger charge is 2.30. The average Bonchev–Trinajstić information content (AvgIpc) is 3.18. The minimum absolute atomic E-state index is 0.141. The Labute approximate surface area is 233 Å². The fourth-order valence-corrected chi connectivity index (χ4v) is 6.32. The van der Waals surface area contributed by atoms with Crippen LogP contribution in [-0.4, -0.2) is 41.3 Å². The van der Waals surface area contributed by atoms with Crippen molar-refractivity contribution < 1.29 is 24.2 Å². The Morgan fingerprint density at radius 1 is 1.05 bits per heavy atom. The first kappa shape index (κ1) is 26.0. The Kier molecular flexibility index (Phi) is 7.20. The lowest BCUT2D eigenvalue weighted by Gasteiger charge is -2.23. The molecule has 206 valence electrons. The Morgan fingerprint density at radius 2 is 1.82 bits per heavy atom. The number of nitrogens with one attached hydrogen (secondary N) is 1. The summed E-state index contributed by atoms with van der Waals surface area (Å²) in [5, 5.41) is 13.7. The van der Waals surface area contributed by atoms with E-state index in [-0.39, 0.29) is 18.1 Å². The molecule has 1 aliphatic heterocycles. The SMILES string of the molecule is COC(=O)[C@@H](Cc1ccc(O)cc1)NC(=O)c1ccc2c(C3CCCCC3)c3n(c2c1)CCOc1ccccc1-3. The number of rotatable bonds is 6. The van der Waals surface area contributed by atoms with Crippen LogP contribution in [0.3, 0.4) is 0 Å². The van der Waals surface area contributed by atoms with E-state index in [2.05, 4.69) is 28.1 Å².